The summed E-state index contributed by atoms with van der Waals surface area (Å²) in [7, 11) is 0. The number of amides is 2. The van der Waals surface area contributed by atoms with Gasteiger partial charge in [-0.3, -0.25) is 14.5 Å². The average Bonchev–Trinajstić information content (AvgIpc) is 3.43. The first-order valence-corrected chi connectivity index (χ1v) is 14.6. The van der Waals surface area contributed by atoms with Crippen LogP contribution in [0.3, 0.4) is 0 Å². The van der Waals surface area contributed by atoms with Crippen molar-refractivity contribution in [2.24, 2.45) is 11.7 Å². The lowest BCUT2D eigenvalue weighted by molar-refractivity contribution is -0.309. The molecule has 9 heteroatoms. The highest BCUT2D eigenvalue weighted by molar-refractivity contribution is 6.15. The van der Waals surface area contributed by atoms with Crippen molar-refractivity contribution in [3.63, 3.8) is 0 Å². The Kier molecular flexibility index (Phi) is 7.76. The number of anilines is 2. The van der Waals surface area contributed by atoms with Crippen molar-refractivity contribution in [2.75, 3.05) is 16.3 Å². The standard InChI is InChI=1S/C35H33N7O2/c1-23(2)41(26-14-7-4-8-15-26)31(43)22-40-29-17-9-10-18-30(29)42(32(36)24-12-5-3-6-13-24)33(37)28(35(40)44)20-25-21-39-34-27(25)16-11-19-38-34/h3-19,21,23,28,36-37H,20,22H2,1-2H3,(H,38,39)/p+1. The van der Waals surface area contributed by atoms with E-state index in [4.69, 9.17) is 5.73 Å². The Balaban J connectivity index is 1.49. The third-order valence-corrected chi connectivity index (χ3v) is 7.94. The van der Waals surface area contributed by atoms with Crippen molar-refractivity contribution in [1.82, 2.24) is 9.97 Å². The molecule has 1 unspecified atom stereocenters. The molecule has 220 valence electrons. The Hall–Kier alpha value is -5.57. The van der Waals surface area contributed by atoms with Crippen LogP contribution >= 0.6 is 0 Å². The number of fused-ring (bicyclic) bond motifs is 2. The number of carbonyl (C=O) groups is 2. The van der Waals surface area contributed by atoms with Gasteiger partial charge < -0.3 is 15.6 Å². The first kappa shape index (κ1) is 28.5. The summed E-state index contributed by atoms with van der Waals surface area (Å²) in [5.74, 6) is -1.07. The topological polar surface area (TPSA) is 122 Å². The lowest BCUT2D eigenvalue weighted by Gasteiger charge is -2.31. The predicted molar refractivity (Wildman–Crippen MR) is 174 cm³/mol. The number of nitrogens with zero attached hydrogens (tertiary/aromatic N) is 4. The quantitative estimate of drug-likeness (QED) is 0.138. The van der Waals surface area contributed by atoms with E-state index in [-0.39, 0.29) is 42.5 Å². The fourth-order valence-electron chi connectivity index (χ4n) is 5.87. The van der Waals surface area contributed by atoms with Gasteiger partial charge in [-0.2, -0.15) is 9.98 Å². The highest BCUT2D eigenvalue weighted by Crippen LogP contribution is 2.35. The largest absolute Gasteiger partial charge is 0.346 e. The molecule has 9 nitrogen and oxygen atoms in total. The molecule has 3 aromatic carbocycles. The Labute approximate surface area is 255 Å². The summed E-state index contributed by atoms with van der Waals surface area (Å²) in [6.07, 6.45) is 3.80. The van der Waals surface area contributed by atoms with Crippen molar-refractivity contribution < 1.29 is 14.2 Å². The van der Waals surface area contributed by atoms with Gasteiger partial charge in [0, 0.05) is 29.5 Å². The summed E-state index contributed by atoms with van der Waals surface area (Å²) in [6, 6.07) is 29.7. The van der Waals surface area contributed by atoms with Gasteiger partial charge in [-0.05, 0) is 74.4 Å². The molecule has 2 aromatic heterocycles. The maximum atomic E-state index is 14.7. The van der Waals surface area contributed by atoms with Crippen LogP contribution in [0.2, 0.25) is 0 Å². The molecule has 2 amide bonds. The van der Waals surface area contributed by atoms with Crippen LogP contribution in [0.5, 0.6) is 0 Å². The first-order valence-electron chi connectivity index (χ1n) is 14.6. The summed E-state index contributed by atoms with van der Waals surface area (Å²) in [4.78, 5) is 39.6. The van der Waals surface area contributed by atoms with Crippen molar-refractivity contribution in [3.8, 4) is 0 Å². The van der Waals surface area contributed by atoms with Gasteiger partial charge in [-0.15, -0.1) is 0 Å². The molecule has 0 saturated carbocycles. The lowest BCUT2D eigenvalue weighted by atomic mass is 9.96. The van der Waals surface area contributed by atoms with Gasteiger partial charge in [0.25, 0.3) is 5.84 Å². The number of para-hydroxylation sites is 3. The number of hydrogen-bond acceptors (Lipinski definition) is 5. The highest BCUT2D eigenvalue weighted by atomic mass is 16.2. The van der Waals surface area contributed by atoms with Crippen LogP contribution in [0.15, 0.2) is 109 Å². The fourth-order valence-corrected chi connectivity index (χ4v) is 5.87. The Morgan fingerprint density at radius 3 is 2.41 bits per heavy atom. The number of carbonyl (C=O) groups excluding carboxylic acids is 2. The molecule has 1 aliphatic heterocycles. The van der Waals surface area contributed by atoms with Gasteiger partial charge in [0.15, 0.2) is 0 Å². The number of nitrogens with one attached hydrogen (secondary N) is 2. The van der Waals surface area contributed by atoms with E-state index in [2.05, 4.69) is 9.97 Å². The molecule has 1 aliphatic rings. The molecule has 1 atom stereocenters. The number of rotatable bonds is 7. The molecule has 5 aromatic rings. The number of pyridine rings is 1. The number of H-pyrrole nitrogens is 1. The normalized spacial score (nSPS) is 14.9. The second kappa shape index (κ2) is 12.0. The fraction of sp³-hybridized carbons (Fsp3) is 0.171. The van der Waals surface area contributed by atoms with Gasteiger partial charge >= 0.3 is 0 Å². The van der Waals surface area contributed by atoms with Gasteiger partial charge in [0.05, 0.1) is 11.3 Å². The van der Waals surface area contributed by atoms with Gasteiger partial charge in [0.1, 0.15) is 23.8 Å². The van der Waals surface area contributed by atoms with Crippen molar-refractivity contribution in [1.29, 1.82) is 5.41 Å². The minimum Gasteiger partial charge on any atom is -0.346 e. The Morgan fingerprint density at radius 1 is 1.00 bits per heavy atom. The van der Waals surface area contributed by atoms with E-state index in [1.807, 2.05) is 111 Å². The van der Waals surface area contributed by atoms with Crippen LogP contribution in [0.25, 0.3) is 11.0 Å². The number of aromatic nitrogens is 2. The minimum absolute atomic E-state index is 0.134. The summed E-state index contributed by atoms with van der Waals surface area (Å²) >= 11 is 0. The van der Waals surface area contributed by atoms with E-state index in [0.29, 0.717) is 22.6 Å². The molecule has 0 radical (unpaired) electrons. The first-order chi connectivity index (χ1) is 21.3. The van der Waals surface area contributed by atoms with E-state index in [1.165, 1.54) is 4.90 Å². The summed E-state index contributed by atoms with van der Waals surface area (Å²) < 4.78 is 1.64. The molecule has 0 bridgehead atoms. The zero-order valence-corrected chi connectivity index (χ0v) is 24.6. The van der Waals surface area contributed by atoms with Gasteiger partial charge in [-0.25, -0.2) is 4.98 Å². The number of hydrogen-bond donors (Lipinski definition) is 3. The van der Waals surface area contributed by atoms with Crippen LogP contribution in [-0.4, -0.2) is 50.6 Å². The van der Waals surface area contributed by atoms with Gasteiger partial charge in [-0.1, -0.05) is 48.5 Å². The average molecular weight is 585 g/mol. The number of nitrogens with two attached hydrogens (primary N) is 1. The summed E-state index contributed by atoms with van der Waals surface area (Å²) in [5.41, 5.74) is 11.0. The minimum atomic E-state index is -0.873. The third kappa shape index (κ3) is 5.24. The zero-order chi connectivity index (χ0) is 30.8. The molecule has 0 fully saturated rings. The van der Waals surface area contributed by atoms with Crippen LogP contribution in [0.1, 0.15) is 25.0 Å². The second-order valence-electron chi connectivity index (χ2n) is 11.1. The van der Waals surface area contributed by atoms with Crippen molar-refractivity contribution in [2.45, 2.75) is 26.3 Å². The number of amidine groups is 2. The lowest BCUT2D eigenvalue weighted by Crippen LogP contribution is -2.49. The smallest absolute Gasteiger partial charge is 0.266 e. The monoisotopic (exact) mass is 584 g/mol. The molecule has 0 saturated heterocycles. The van der Waals surface area contributed by atoms with E-state index >= 15 is 0 Å². The van der Waals surface area contributed by atoms with Crippen LogP contribution < -0.4 is 15.5 Å². The zero-order valence-electron chi connectivity index (χ0n) is 24.6. The van der Waals surface area contributed by atoms with Gasteiger partial charge in [0.2, 0.25) is 17.6 Å². The van der Waals surface area contributed by atoms with E-state index in [9.17, 15) is 15.0 Å². The van der Waals surface area contributed by atoms with E-state index < -0.39 is 5.92 Å². The van der Waals surface area contributed by atoms with Crippen LogP contribution in [0, 0.1) is 11.3 Å². The SMILES string of the molecule is CC(C)N(C(=O)CN1C(=O)C(Cc2c[nH]c3ncccc23)C(N)=[N+](C(=N)c2ccccc2)c2ccccc21)c1ccccc1. The maximum Gasteiger partial charge on any atom is 0.266 e. The third-order valence-electron chi connectivity index (χ3n) is 7.94. The van der Waals surface area contributed by atoms with Crippen LogP contribution in [0.4, 0.5) is 17.1 Å². The summed E-state index contributed by atoms with van der Waals surface area (Å²) in [5, 5.41) is 10.2. The molecule has 0 aliphatic carbocycles. The van der Waals surface area contributed by atoms with Crippen LogP contribution in [-0.2, 0) is 16.0 Å². The molecule has 0 spiro atoms. The van der Waals surface area contributed by atoms with E-state index in [0.717, 1.165) is 16.6 Å². The number of aromatic amines is 1. The Morgan fingerprint density at radius 2 is 1.68 bits per heavy atom. The molecule has 4 N–H and O–H groups in total. The van der Waals surface area contributed by atoms with Crippen molar-refractivity contribution >= 4 is 51.6 Å². The predicted octanol–water partition coefficient (Wildman–Crippen LogP) is 5.24. The van der Waals surface area contributed by atoms with E-state index in [1.54, 1.807) is 21.7 Å². The molecular formula is C35H34N7O2+. The molecule has 6 rings (SSSR count). The molecule has 44 heavy (non-hydrogen) atoms. The molecular weight excluding hydrogens is 550 g/mol. The summed E-state index contributed by atoms with van der Waals surface area (Å²) in [6.45, 7) is 3.70. The maximum absolute atomic E-state index is 14.7. The highest BCUT2D eigenvalue weighted by Gasteiger charge is 2.41. The molecule has 3 heterocycles. The Bertz CT molecular complexity index is 1880. The number of benzene rings is 3. The van der Waals surface area contributed by atoms with Crippen molar-refractivity contribution in [3.05, 3.63) is 121 Å². The second-order valence-corrected chi connectivity index (χ2v) is 11.1.